The molecule has 0 spiro atoms. The van der Waals surface area contributed by atoms with Crippen LogP contribution in [0.15, 0.2) is 27.7 Å². The van der Waals surface area contributed by atoms with Gasteiger partial charge in [-0.3, -0.25) is 4.99 Å². The van der Waals surface area contributed by atoms with Gasteiger partial charge in [-0.05, 0) is 45.4 Å². The third-order valence-corrected chi connectivity index (χ3v) is 5.16. The lowest BCUT2D eigenvalue weighted by Gasteiger charge is -2.33. The van der Waals surface area contributed by atoms with Crippen LogP contribution >= 0.6 is 27.7 Å². The molecule has 1 aromatic carbocycles. The molecule has 1 amide bonds. The van der Waals surface area contributed by atoms with Gasteiger partial charge in [0.2, 0.25) is 0 Å². The molecule has 7 heteroatoms. The zero-order valence-electron chi connectivity index (χ0n) is 13.4. The van der Waals surface area contributed by atoms with Crippen molar-refractivity contribution in [3.63, 3.8) is 0 Å². The van der Waals surface area contributed by atoms with Crippen LogP contribution in [0.3, 0.4) is 0 Å². The Labute approximate surface area is 148 Å². The molecule has 0 saturated carbocycles. The largest absolute Gasteiger partial charge is 0.443 e. The maximum atomic E-state index is 14.3. The Morgan fingerprint density at radius 1 is 1.57 bits per heavy atom. The molecule has 0 radical (unpaired) electrons. The van der Waals surface area contributed by atoms with Gasteiger partial charge in [-0.25, -0.2) is 9.18 Å². The minimum absolute atomic E-state index is 0.265. The van der Waals surface area contributed by atoms with E-state index >= 15 is 0 Å². The molecule has 1 atom stereocenters. The van der Waals surface area contributed by atoms with E-state index in [4.69, 9.17) is 15.5 Å². The fourth-order valence-corrected chi connectivity index (χ4v) is 4.41. The number of carbonyl (C=O) groups is 1. The van der Waals surface area contributed by atoms with Gasteiger partial charge in [0.1, 0.15) is 11.4 Å². The topological polar surface area (TPSA) is 64.7 Å². The van der Waals surface area contributed by atoms with Crippen LogP contribution in [-0.2, 0) is 10.3 Å². The van der Waals surface area contributed by atoms with Crippen LogP contribution in [0.5, 0.6) is 0 Å². The Morgan fingerprint density at radius 3 is 2.91 bits per heavy atom. The van der Waals surface area contributed by atoms with Crippen molar-refractivity contribution in [2.45, 2.75) is 44.8 Å². The van der Waals surface area contributed by atoms with E-state index in [0.29, 0.717) is 12.0 Å². The molecule has 1 aromatic rings. The van der Waals surface area contributed by atoms with Gasteiger partial charge in [-0.15, -0.1) is 11.8 Å². The van der Waals surface area contributed by atoms with Crippen LogP contribution in [0.2, 0.25) is 0 Å². The first-order valence-electron chi connectivity index (χ1n) is 7.27. The molecule has 1 aliphatic rings. The van der Waals surface area contributed by atoms with Crippen molar-refractivity contribution in [2.24, 2.45) is 10.7 Å². The first kappa shape index (κ1) is 18.3. The van der Waals surface area contributed by atoms with E-state index in [1.165, 1.54) is 6.07 Å². The molecule has 0 fully saturated rings. The zero-order chi connectivity index (χ0) is 17.3. The van der Waals surface area contributed by atoms with Gasteiger partial charge in [0.25, 0.3) is 0 Å². The fraction of sp³-hybridized carbons (Fsp3) is 0.500. The van der Waals surface area contributed by atoms with E-state index in [1.54, 1.807) is 37.7 Å². The van der Waals surface area contributed by atoms with Crippen LogP contribution in [0, 0.1) is 5.82 Å². The number of halogens is 2. The third-order valence-electron chi connectivity index (χ3n) is 3.69. The summed E-state index contributed by atoms with van der Waals surface area (Å²) >= 11 is 4.99. The molecule has 126 valence electrons. The highest BCUT2D eigenvalue weighted by Crippen LogP contribution is 2.39. The summed E-state index contributed by atoms with van der Waals surface area (Å²) in [5, 5.41) is 0.837. The smallest absolute Gasteiger partial charge is 0.405 e. The summed E-state index contributed by atoms with van der Waals surface area (Å²) in [6, 6.07) is 4.90. The minimum Gasteiger partial charge on any atom is -0.443 e. The molecule has 1 aliphatic heterocycles. The lowest BCUT2D eigenvalue weighted by molar-refractivity contribution is 0.0516. The normalized spacial score (nSPS) is 21.7. The standard InChI is InChI=1S/C16H20BrFN2O2S/c1-15(2,22-14(19)21)9-13-20-16(3,6-7-23-13)11-8-10(17)4-5-12(11)18/h4-5,8H,6-7,9H2,1-3H3,(H2,19,21)/t16-/m0/s1. The summed E-state index contributed by atoms with van der Waals surface area (Å²) in [6.45, 7) is 5.50. The van der Waals surface area contributed by atoms with E-state index in [0.717, 1.165) is 21.7 Å². The third kappa shape index (κ3) is 4.70. The number of benzene rings is 1. The molecule has 0 unspecified atom stereocenters. The van der Waals surface area contributed by atoms with Crippen molar-refractivity contribution in [1.29, 1.82) is 0 Å². The number of aliphatic imine (C=N–C) groups is 1. The number of hydrogen-bond donors (Lipinski definition) is 1. The zero-order valence-corrected chi connectivity index (χ0v) is 15.8. The summed E-state index contributed by atoms with van der Waals surface area (Å²) in [4.78, 5) is 15.8. The summed E-state index contributed by atoms with van der Waals surface area (Å²) in [7, 11) is 0. The average molecular weight is 403 g/mol. The maximum absolute atomic E-state index is 14.3. The Morgan fingerprint density at radius 2 is 2.26 bits per heavy atom. The number of thioether (sulfide) groups is 1. The average Bonchev–Trinajstić information content (AvgIpc) is 2.39. The fourth-order valence-electron chi connectivity index (χ4n) is 2.60. The van der Waals surface area contributed by atoms with Gasteiger partial charge < -0.3 is 10.5 Å². The van der Waals surface area contributed by atoms with Gasteiger partial charge in [0, 0.05) is 22.2 Å². The van der Waals surface area contributed by atoms with E-state index in [-0.39, 0.29) is 5.82 Å². The second-order valence-corrected chi connectivity index (χ2v) is 8.44. The summed E-state index contributed by atoms with van der Waals surface area (Å²) < 4.78 is 20.2. The van der Waals surface area contributed by atoms with Crippen LogP contribution < -0.4 is 5.73 Å². The van der Waals surface area contributed by atoms with Crippen LogP contribution in [0.4, 0.5) is 9.18 Å². The van der Waals surface area contributed by atoms with Crippen molar-refractivity contribution in [1.82, 2.24) is 0 Å². The molecule has 23 heavy (non-hydrogen) atoms. The van der Waals surface area contributed by atoms with Crippen molar-refractivity contribution in [3.8, 4) is 0 Å². The number of carbonyl (C=O) groups excluding carboxylic acids is 1. The number of ether oxygens (including phenoxy) is 1. The first-order chi connectivity index (χ1) is 10.6. The second-order valence-electron chi connectivity index (χ2n) is 6.36. The molecule has 0 bridgehead atoms. The highest BCUT2D eigenvalue weighted by atomic mass is 79.9. The van der Waals surface area contributed by atoms with Crippen molar-refractivity contribution < 1.29 is 13.9 Å². The molecule has 0 aliphatic carbocycles. The summed E-state index contributed by atoms with van der Waals surface area (Å²) in [5.41, 5.74) is 4.30. The second kappa shape index (κ2) is 6.81. The van der Waals surface area contributed by atoms with Crippen LogP contribution in [-0.4, -0.2) is 22.5 Å². The van der Waals surface area contributed by atoms with Gasteiger partial charge in [-0.1, -0.05) is 15.9 Å². The van der Waals surface area contributed by atoms with Crippen molar-refractivity contribution in [3.05, 3.63) is 34.1 Å². The Balaban J connectivity index is 2.30. The Kier molecular flexibility index (Phi) is 5.41. The quantitative estimate of drug-likeness (QED) is 0.799. The van der Waals surface area contributed by atoms with E-state index in [2.05, 4.69) is 15.9 Å². The molecule has 0 aromatic heterocycles. The van der Waals surface area contributed by atoms with Crippen LogP contribution in [0.25, 0.3) is 0 Å². The van der Waals surface area contributed by atoms with Gasteiger partial charge in [0.15, 0.2) is 0 Å². The number of amides is 1. The molecular formula is C16H20BrFN2O2S. The molecule has 1 heterocycles. The van der Waals surface area contributed by atoms with Gasteiger partial charge in [0.05, 0.1) is 10.6 Å². The molecule has 2 N–H and O–H groups in total. The van der Waals surface area contributed by atoms with E-state index in [1.807, 2.05) is 6.92 Å². The van der Waals surface area contributed by atoms with Gasteiger partial charge in [-0.2, -0.15) is 0 Å². The number of hydrogen-bond acceptors (Lipinski definition) is 4. The van der Waals surface area contributed by atoms with Crippen molar-refractivity contribution >= 4 is 38.8 Å². The predicted molar refractivity (Wildman–Crippen MR) is 95.3 cm³/mol. The Hall–Kier alpha value is -1.08. The molecule has 4 nitrogen and oxygen atoms in total. The Bertz CT molecular complexity index is 651. The first-order valence-corrected chi connectivity index (χ1v) is 9.05. The maximum Gasteiger partial charge on any atom is 0.405 e. The molecular weight excluding hydrogens is 383 g/mol. The molecule has 2 rings (SSSR count). The monoisotopic (exact) mass is 402 g/mol. The number of rotatable bonds is 4. The summed E-state index contributed by atoms with van der Waals surface area (Å²) in [5.74, 6) is 0.562. The van der Waals surface area contributed by atoms with E-state index in [9.17, 15) is 9.18 Å². The van der Waals surface area contributed by atoms with Gasteiger partial charge >= 0.3 is 6.09 Å². The predicted octanol–water partition coefficient (Wildman–Crippen LogP) is 4.60. The highest BCUT2D eigenvalue weighted by Gasteiger charge is 2.34. The van der Waals surface area contributed by atoms with E-state index < -0.39 is 17.2 Å². The SMILES string of the molecule is CC(C)(CC1=N[C@](C)(c2cc(Br)ccc2F)CCS1)OC(N)=O. The minimum atomic E-state index is -0.808. The summed E-state index contributed by atoms with van der Waals surface area (Å²) in [6.07, 6.45) is 0.384. The highest BCUT2D eigenvalue weighted by molar-refractivity contribution is 9.10. The van der Waals surface area contributed by atoms with Crippen molar-refractivity contribution in [2.75, 3.05) is 5.75 Å². The lowest BCUT2D eigenvalue weighted by Crippen LogP contribution is -2.35. The lowest BCUT2D eigenvalue weighted by atomic mass is 9.89. The molecule has 0 saturated heterocycles. The van der Waals surface area contributed by atoms with Crippen LogP contribution in [0.1, 0.15) is 39.2 Å². The number of primary amides is 1. The number of nitrogens with two attached hydrogens (primary N) is 1. The number of nitrogens with zero attached hydrogens (tertiary/aromatic N) is 1.